The van der Waals surface area contributed by atoms with Gasteiger partial charge in [-0.05, 0) is 84.3 Å². The Kier molecular flexibility index (Phi) is 12.2. The van der Waals surface area contributed by atoms with Gasteiger partial charge in [-0.2, -0.15) is 0 Å². The van der Waals surface area contributed by atoms with Gasteiger partial charge in [0.1, 0.15) is 17.6 Å². The van der Waals surface area contributed by atoms with Gasteiger partial charge in [-0.25, -0.2) is 4.79 Å². The van der Waals surface area contributed by atoms with Crippen molar-refractivity contribution < 1.29 is 42.8 Å². The third-order valence-electron chi connectivity index (χ3n) is 8.13. The zero-order valence-corrected chi connectivity index (χ0v) is 25.0. The molecule has 0 spiro atoms. The number of likely N-dealkylation sites (tertiary alicyclic amines) is 1. The first-order chi connectivity index (χ1) is 20.8. The summed E-state index contributed by atoms with van der Waals surface area (Å²) in [6, 6.07) is 11.4. The molecule has 0 aliphatic carbocycles. The number of aliphatic hydroxyl groups excluding tert-OH is 1. The number of benzene rings is 2. The molecule has 2 aliphatic rings. The van der Waals surface area contributed by atoms with Crippen LogP contribution in [-0.4, -0.2) is 102 Å². The van der Waals surface area contributed by atoms with E-state index in [1.165, 1.54) is 13.2 Å². The van der Waals surface area contributed by atoms with Gasteiger partial charge in [0.15, 0.2) is 0 Å². The number of methoxy groups -OCH3 is 1. The van der Waals surface area contributed by atoms with Gasteiger partial charge in [-0.1, -0.05) is 12.1 Å². The summed E-state index contributed by atoms with van der Waals surface area (Å²) in [5.74, 6) is 0.395. The molecule has 43 heavy (non-hydrogen) atoms. The van der Waals surface area contributed by atoms with Gasteiger partial charge in [0, 0.05) is 49.0 Å². The van der Waals surface area contributed by atoms with Crippen molar-refractivity contribution in [3.8, 4) is 11.5 Å². The Morgan fingerprint density at radius 2 is 2.00 bits per heavy atom. The van der Waals surface area contributed by atoms with E-state index in [9.17, 15) is 28.6 Å². The molecule has 2 saturated heterocycles. The molecule has 0 radical (unpaired) electrons. The molecule has 0 aromatic heterocycles. The Hall–Kier alpha value is -3.23. The number of alkyl carbamates (subject to hydrolysis) is 1. The van der Waals surface area contributed by atoms with E-state index in [1.807, 2.05) is 0 Å². The first-order valence-electron chi connectivity index (χ1n) is 14.4. The van der Waals surface area contributed by atoms with Gasteiger partial charge in [-0.15, -0.1) is 0 Å². The molecule has 13 heteroatoms. The van der Waals surface area contributed by atoms with Crippen LogP contribution in [0.3, 0.4) is 0 Å². The first-order valence-corrected chi connectivity index (χ1v) is 15.5. The molecule has 2 aliphatic heterocycles. The number of phenolic OH excluding ortho intramolecular Hbond substituents is 1. The fourth-order valence-corrected chi connectivity index (χ4v) is 6.41. The molecule has 2 fully saturated rings. The molecule has 0 saturated carbocycles. The number of carbonyl (C=O) groups is 2. The van der Waals surface area contributed by atoms with Gasteiger partial charge in [0.25, 0.3) is 0 Å². The number of carbonyl (C=O) groups excluding carboxylic acids is 2. The number of aliphatic hydroxyl groups is 1. The lowest BCUT2D eigenvalue weighted by molar-refractivity contribution is -0.117. The number of nitrogens with one attached hydrogen (secondary N) is 2. The molecule has 4 N–H and O–H groups in total. The monoisotopic (exact) mass is 618 g/mol. The molecule has 6 atom stereocenters. The summed E-state index contributed by atoms with van der Waals surface area (Å²) in [4.78, 5) is 26.3. The minimum Gasteiger partial charge on any atom is -0.768 e. The summed E-state index contributed by atoms with van der Waals surface area (Å²) < 4.78 is 40.4. The third kappa shape index (κ3) is 9.13. The molecular formula is C30H40N3O9S-. The lowest BCUT2D eigenvalue weighted by atomic mass is 9.88. The number of amides is 2. The van der Waals surface area contributed by atoms with Crippen LogP contribution in [0.2, 0.25) is 0 Å². The van der Waals surface area contributed by atoms with E-state index in [-0.39, 0.29) is 47.7 Å². The van der Waals surface area contributed by atoms with Gasteiger partial charge < -0.3 is 44.5 Å². The van der Waals surface area contributed by atoms with E-state index in [4.69, 9.17) is 14.2 Å². The predicted molar refractivity (Wildman–Crippen MR) is 157 cm³/mol. The Morgan fingerprint density at radius 3 is 2.70 bits per heavy atom. The molecule has 2 heterocycles. The summed E-state index contributed by atoms with van der Waals surface area (Å²) in [5.41, 5.74) is 1.55. The molecule has 2 aromatic rings. The van der Waals surface area contributed by atoms with E-state index >= 15 is 0 Å². The standard InChI is InChI=1S/C30H41N3O9S/c1-40-25-6-7-29(43(38)39)26(13-25)27-16-33(19-35)15-22(27)14-31-10-8-23(12-20-2-4-24(36)5-3-20)32-30(37)42-28-18-41-17-21(28)9-11-34/h2-7,13,19,21-23,27-28,31,34,36H,8-12,14-18H2,1H3,(H,32,37)(H,38,39)/p-1. The van der Waals surface area contributed by atoms with Crippen LogP contribution in [0.4, 0.5) is 4.79 Å². The van der Waals surface area contributed by atoms with E-state index in [0.717, 1.165) is 12.0 Å². The number of rotatable bonds is 15. The summed E-state index contributed by atoms with van der Waals surface area (Å²) in [5, 5.41) is 25.4. The summed E-state index contributed by atoms with van der Waals surface area (Å²) in [6.45, 7) is 2.64. The Labute approximate surface area is 254 Å². The molecule has 0 bridgehead atoms. The van der Waals surface area contributed by atoms with Gasteiger partial charge in [0.2, 0.25) is 6.41 Å². The highest BCUT2D eigenvalue weighted by Crippen LogP contribution is 2.36. The summed E-state index contributed by atoms with van der Waals surface area (Å²) in [6.07, 6.45) is 1.35. The Balaban J connectivity index is 1.39. The van der Waals surface area contributed by atoms with Crippen molar-refractivity contribution in [3.05, 3.63) is 53.6 Å². The first kappa shape index (κ1) is 32.7. The maximum atomic E-state index is 12.8. The molecule has 6 unspecified atom stereocenters. The summed E-state index contributed by atoms with van der Waals surface area (Å²) in [7, 11) is 1.52. The smallest absolute Gasteiger partial charge is 0.407 e. The number of hydrogen-bond acceptors (Lipinski definition) is 10. The topological polar surface area (TPSA) is 170 Å². The number of ether oxygens (including phenoxy) is 3. The second kappa shape index (κ2) is 16.0. The molecule has 2 amide bonds. The number of aromatic hydroxyl groups is 1. The zero-order valence-electron chi connectivity index (χ0n) is 24.2. The van der Waals surface area contributed by atoms with E-state index < -0.39 is 23.3 Å². The van der Waals surface area contributed by atoms with Crippen LogP contribution in [0.25, 0.3) is 0 Å². The summed E-state index contributed by atoms with van der Waals surface area (Å²) >= 11 is -2.44. The normalized spacial score (nSPS) is 23.1. The minimum absolute atomic E-state index is 0.00894. The van der Waals surface area contributed by atoms with Crippen molar-refractivity contribution in [2.24, 2.45) is 11.8 Å². The Bertz CT molecular complexity index is 1230. The Morgan fingerprint density at radius 1 is 1.21 bits per heavy atom. The highest BCUT2D eigenvalue weighted by molar-refractivity contribution is 7.79. The number of phenols is 1. The third-order valence-corrected chi connectivity index (χ3v) is 8.86. The SMILES string of the molecule is COc1ccc(S(=O)[O-])c(C2CN(C=O)CC2CNCCC(Cc2ccc(O)cc2)NC(=O)OC2COCC2CCO)c1. The van der Waals surface area contributed by atoms with E-state index in [0.29, 0.717) is 63.4 Å². The number of hydrogen-bond donors (Lipinski definition) is 4. The molecule has 12 nitrogen and oxygen atoms in total. The molecule has 4 rings (SSSR count). The van der Waals surface area contributed by atoms with Crippen LogP contribution < -0.4 is 15.4 Å². The van der Waals surface area contributed by atoms with Gasteiger partial charge in [0.05, 0.1) is 20.3 Å². The highest BCUT2D eigenvalue weighted by atomic mass is 32.2. The highest BCUT2D eigenvalue weighted by Gasteiger charge is 2.35. The quantitative estimate of drug-likeness (QED) is 0.130. The van der Waals surface area contributed by atoms with Crippen molar-refractivity contribution in [2.45, 2.75) is 42.2 Å². The maximum absolute atomic E-state index is 12.8. The van der Waals surface area contributed by atoms with Crippen LogP contribution in [0.5, 0.6) is 11.5 Å². The lowest BCUT2D eigenvalue weighted by Crippen LogP contribution is -2.42. The average Bonchev–Trinajstić information content (AvgIpc) is 3.62. The minimum atomic E-state index is -2.44. The number of nitrogens with zero attached hydrogens (tertiary/aromatic N) is 1. The fraction of sp³-hybridized carbons (Fsp3) is 0.533. The van der Waals surface area contributed by atoms with E-state index in [1.54, 1.807) is 41.3 Å². The van der Waals surface area contributed by atoms with Crippen LogP contribution in [0, 0.1) is 11.8 Å². The second-order valence-electron chi connectivity index (χ2n) is 11.0. The second-order valence-corrected chi connectivity index (χ2v) is 11.9. The van der Waals surface area contributed by atoms with Crippen LogP contribution in [0.15, 0.2) is 47.4 Å². The molecule has 236 valence electrons. The van der Waals surface area contributed by atoms with Crippen LogP contribution in [-0.2, 0) is 31.8 Å². The van der Waals surface area contributed by atoms with Crippen molar-refractivity contribution in [2.75, 3.05) is 53.1 Å². The van der Waals surface area contributed by atoms with Gasteiger partial charge in [-0.3, -0.25) is 9.00 Å². The van der Waals surface area contributed by atoms with Crippen molar-refractivity contribution >= 4 is 23.6 Å². The largest absolute Gasteiger partial charge is 0.768 e. The van der Waals surface area contributed by atoms with Crippen molar-refractivity contribution in [3.63, 3.8) is 0 Å². The maximum Gasteiger partial charge on any atom is 0.407 e. The molecular weight excluding hydrogens is 578 g/mol. The van der Waals surface area contributed by atoms with E-state index in [2.05, 4.69) is 10.6 Å². The van der Waals surface area contributed by atoms with Crippen LogP contribution in [0.1, 0.15) is 29.9 Å². The van der Waals surface area contributed by atoms with Gasteiger partial charge >= 0.3 is 6.09 Å². The lowest BCUT2D eigenvalue weighted by Gasteiger charge is -2.24. The van der Waals surface area contributed by atoms with Crippen molar-refractivity contribution in [1.82, 2.24) is 15.5 Å². The zero-order chi connectivity index (χ0) is 30.8. The predicted octanol–water partition coefficient (Wildman–Crippen LogP) is 1.53. The fourth-order valence-electron chi connectivity index (χ4n) is 5.83. The van der Waals surface area contributed by atoms with Crippen molar-refractivity contribution in [1.29, 1.82) is 0 Å². The van der Waals surface area contributed by atoms with Crippen LogP contribution >= 0.6 is 0 Å². The average molecular weight is 619 g/mol. The molecule has 2 aromatic carbocycles.